The Hall–Kier alpha value is -3.10. The van der Waals surface area contributed by atoms with Crippen LogP contribution in [0, 0.1) is 0 Å². The SMILES string of the molecule is C=C(C)OC(=O)N1CCC(Sc2ccc3nccc(Nc4ccc5scnc5c4)c3c2)CC1. The highest BCUT2D eigenvalue weighted by atomic mass is 32.2. The normalized spacial score (nSPS) is 14.5. The third-order valence-electron chi connectivity index (χ3n) is 5.59. The standard InChI is InChI=1S/C25H24N4O2S2/c1-16(2)31-25(30)29-11-8-18(9-12-29)33-19-4-5-21-20(14-19)22(7-10-26-21)28-17-3-6-24-23(13-17)27-15-32-24/h3-7,10,13-15,18H,1,8-9,11-12H2,2H3,(H,26,28). The van der Waals surface area contributed by atoms with Crippen molar-refractivity contribution >= 4 is 61.7 Å². The summed E-state index contributed by atoms with van der Waals surface area (Å²) in [6.45, 7) is 6.73. The molecule has 0 unspecified atom stereocenters. The topological polar surface area (TPSA) is 67.3 Å². The predicted octanol–water partition coefficient (Wildman–Crippen LogP) is 6.81. The molecule has 4 aromatic rings. The van der Waals surface area contributed by atoms with Crippen LogP contribution in [-0.2, 0) is 4.74 Å². The first-order valence-corrected chi connectivity index (χ1v) is 12.6. The molecule has 1 aliphatic rings. The molecule has 0 bridgehead atoms. The molecule has 33 heavy (non-hydrogen) atoms. The van der Waals surface area contributed by atoms with Crippen LogP contribution < -0.4 is 5.32 Å². The number of rotatable bonds is 5. The van der Waals surface area contributed by atoms with Crippen molar-refractivity contribution in [3.63, 3.8) is 0 Å². The lowest BCUT2D eigenvalue weighted by atomic mass is 10.1. The number of aromatic nitrogens is 2. The molecule has 1 amide bonds. The van der Waals surface area contributed by atoms with Crippen molar-refractivity contribution in [2.75, 3.05) is 18.4 Å². The van der Waals surface area contributed by atoms with Crippen molar-refractivity contribution in [2.45, 2.75) is 29.9 Å². The number of carbonyl (C=O) groups excluding carboxylic acids is 1. The molecule has 0 aliphatic carbocycles. The van der Waals surface area contributed by atoms with Gasteiger partial charge in [0.05, 0.1) is 27.0 Å². The molecule has 1 saturated heterocycles. The second-order valence-corrected chi connectivity index (χ2v) is 10.3. The van der Waals surface area contributed by atoms with Crippen LogP contribution in [0.4, 0.5) is 16.2 Å². The van der Waals surface area contributed by atoms with E-state index in [2.05, 4.69) is 58.3 Å². The molecule has 0 radical (unpaired) electrons. The van der Waals surface area contributed by atoms with Crippen molar-refractivity contribution in [2.24, 2.45) is 0 Å². The number of benzene rings is 2. The van der Waals surface area contributed by atoms with Crippen LogP contribution in [0.3, 0.4) is 0 Å². The van der Waals surface area contributed by atoms with Gasteiger partial charge in [0.25, 0.3) is 0 Å². The van der Waals surface area contributed by atoms with Gasteiger partial charge in [0.2, 0.25) is 0 Å². The van der Waals surface area contributed by atoms with Gasteiger partial charge in [0.1, 0.15) is 0 Å². The molecule has 0 saturated carbocycles. The zero-order valence-electron chi connectivity index (χ0n) is 18.3. The second-order valence-electron chi connectivity index (χ2n) is 8.07. The minimum absolute atomic E-state index is 0.297. The summed E-state index contributed by atoms with van der Waals surface area (Å²) in [5.41, 5.74) is 5.85. The lowest BCUT2D eigenvalue weighted by Crippen LogP contribution is -2.39. The predicted molar refractivity (Wildman–Crippen MR) is 136 cm³/mol. The van der Waals surface area contributed by atoms with Gasteiger partial charge in [-0.3, -0.25) is 4.98 Å². The first-order chi connectivity index (χ1) is 16.0. The number of carbonyl (C=O) groups is 1. The summed E-state index contributed by atoms with van der Waals surface area (Å²) < 4.78 is 6.32. The molecule has 8 heteroatoms. The maximum Gasteiger partial charge on any atom is 0.414 e. The van der Waals surface area contributed by atoms with Crippen LogP contribution in [0.2, 0.25) is 0 Å². The molecule has 3 heterocycles. The number of amides is 1. The minimum Gasteiger partial charge on any atom is -0.416 e. The number of piperidine rings is 1. The third kappa shape index (κ3) is 4.96. The van der Waals surface area contributed by atoms with Crippen molar-refractivity contribution in [1.82, 2.24) is 14.9 Å². The Morgan fingerprint density at radius 2 is 2.00 bits per heavy atom. The van der Waals surface area contributed by atoms with Crippen molar-refractivity contribution in [3.8, 4) is 0 Å². The van der Waals surface area contributed by atoms with Gasteiger partial charge in [0.15, 0.2) is 0 Å². The van der Waals surface area contributed by atoms with E-state index in [0.717, 1.165) is 40.6 Å². The van der Waals surface area contributed by atoms with Gasteiger partial charge in [-0.2, -0.15) is 0 Å². The molecular weight excluding hydrogens is 452 g/mol. The number of hydrogen-bond donors (Lipinski definition) is 1. The Kier molecular flexibility index (Phi) is 6.20. The van der Waals surface area contributed by atoms with Crippen molar-refractivity contribution in [3.05, 3.63) is 66.5 Å². The number of thioether (sulfide) groups is 1. The lowest BCUT2D eigenvalue weighted by Gasteiger charge is -2.31. The largest absolute Gasteiger partial charge is 0.416 e. The van der Waals surface area contributed by atoms with E-state index in [0.29, 0.717) is 24.1 Å². The molecule has 2 aromatic heterocycles. The van der Waals surface area contributed by atoms with Gasteiger partial charge < -0.3 is 15.0 Å². The van der Waals surface area contributed by atoms with Crippen LogP contribution in [-0.4, -0.2) is 39.3 Å². The Balaban J connectivity index is 1.30. The molecular formula is C25H24N4O2S2. The first kappa shape index (κ1) is 21.7. The molecule has 5 rings (SSSR count). The van der Waals surface area contributed by atoms with Gasteiger partial charge in [0, 0.05) is 46.2 Å². The number of likely N-dealkylation sites (tertiary alicyclic amines) is 1. The summed E-state index contributed by atoms with van der Waals surface area (Å²) in [6, 6.07) is 14.7. The van der Waals surface area contributed by atoms with E-state index in [4.69, 9.17) is 4.74 Å². The van der Waals surface area contributed by atoms with Gasteiger partial charge in [-0.05, 0) is 62.2 Å². The lowest BCUT2D eigenvalue weighted by molar-refractivity contribution is 0.121. The fraction of sp³-hybridized carbons (Fsp3) is 0.240. The molecule has 0 atom stereocenters. The molecule has 2 aromatic carbocycles. The number of hydrogen-bond acceptors (Lipinski definition) is 7. The number of pyridine rings is 1. The van der Waals surface area contributed by atoms with E-state index in [1.165, 1.54) is 9.60 Å². The minimum atomic E-state index is -0.297. The zero-order chi connectivity index (χ0) is 22.8. The number of nitrogens with zero attached hydrogens (tertiary/aromatic N) is 3. The van der Waals surface area contributed by atoms with Crippen molar-refractivity contribution < 1.29 is 9.53 Å². The number of ether oxygens (including phenoxy) is 1. The van der Waals surface area contributed by atoms with Gasteiger partial charge >= 0.3 is 6.09 Å². The zero-order valence-corrected chi connectivity index (χ0v) is 19.9. The third-order valence-corrected chi connectivity index (χ3v) is 7.73. The van der Waals surface area contributed by atoms with E-state index < -0.39 is 0 Å². The van der Waals surface area contributed by atoms with E-state index in [-0.39, 0.29) is 6.09 Å². The van der Waals surface area contributed by atoms with E-state index in [1.807, 2.05) is 29.5 Å². The molecule has 168 valence electrons. The van der Waals surface area contributed by atoms with Crippen LogP contribution in [0.1, 0.15) is 19.8 Å². The van der Waals surface area contributed by atoms with Crippen LogP contribution in [0.25, 0.3) is 21.1 Å². The average Bonchev–Trinajstić information content (AvgIpc) is 3.27. The Morgan fingerprint density at radius 1 is 1.15 bits per heavy atom. The van der Waals surface area contributed by atoms with Crippen LogP contribution in [0.5, 0.6) is 0 Å². The highest BCUT2D eigenvalue weighted by molar-refractivity contribution is 8.00. The average molecular weight is 477 g/mol. The molecule has 0 spiro atoms. The summed E-state index contributed by atoms with van der Waals surface area (Å²) in [5, 5.41) is 5.09. The Bertz CT molecular complexity index is 1330. The van der Waals surface area contributed by atoms with Gasteiger partial charge in [-0.15, -0.1) is 23.1 Å². The number of fused-ring (bicyclic) bond motifs is 2. The first-order valence-electron chi connectivity index (χ1n) is 10.8. The maximum atomic E-state index is 12.1. The smallest absolute Gasteiger partial charge is 0.414 e. The summed E-state index contributed by atoms with van der Waals surface area (Å²) in [4.78, 5) is 24.0. The molecule has 1 N–H and O–H groups in total. The fourth-order valence-electron chi connectivity index (χ4n) is 3.96. The van der Waals surface area contributed by atoms with E-state index in [1.54, 1.807) is 23.2 Å². The number of allylic oxidation sites excluding steroid dienone is 1. The number of anilines is 2. The summed E-state index contributed by atoms with van der Waals surface area (Å²) >= 11 is 3.51. The highest BCUT2D eigenvalue weighted by Gasteiger charge is 2.24. The number of thiazole rings is 1. The summed E-state index contributed by atoms with van der Waals surface area (Å²) in [5.74, 6) is 0.428. The quantitative estimate of drug-likeness (QED) is 0.319. The van der Waals surface area contributed by atoms with Gasteiger partial charge in [-0.25, -0.2) is 9.78 Å². The van der Waals surface area contributed by atoms with Crippen LogP contribution >= 0.6 is 23.1 Å². The Labute approximate surface area is 200 Å². The maximum absolute atomic E-state index is 12.1. The molecule has 1 fully saturated rings. The van der Waals surface area contributed by atoms with E-state index >= 15 is 0 Å². The molecule has 6 nitrogen and oxygen atoms in total. The molecule has 1 aliphatic heterocycles. The number of nitrogens with one attached hydrogen (secondary N) is 1. The monoisotopic (exact) mass is 476 g/mol. The summed E-state index contributed by atoms with van der Waals surface area (Å²) in [6.07, 6.45) is 3.40. The highest BCUT2D eigenvalue weighted by Crippen LogP contribution is 2.35. The summed E-state index contributed by atoms with van der Waals surface area (Å²) in [7, 11) is 0. The van der Waals surface area contributed by atoms with Gasteiger partial charge in [-0.1, -0.05) is 6.58 Å². The van der Waals surface area contributed by atoms with Crippen LogP contribution in [0.15, 0.2) is 71.4 Å². The second kappa shape index (κ2) is 9.41. The van der Waals surface area contributed by atoms with E-state index in [9.17, 15) is 4.79 Å². The fourth-order valence-corrected chi connectivity index (χ4v) is 5.78. The Morgan fingerprint density at radius 3 is 2.82 bits per heavy atom. The van der Waals surface area contributed by atoms with Crippen molar-refractivity contribution in [1.29, 1.82) is 0 Å².